The van der Waals surface area contributed by atoms with Crippen LogP contribution >= 0.6 is 11.3 Å². The number of para-hydroxylation sites is 1. The number of benzene rings is 1. The van der Waals surface area contributed by atoms with Gasteiger partial charge in [0.1, 0.15) is 0 Å². The molecule has 1 aromatic carbocycles. The van der Waals surface area contributed by atoms with E-state index in [9.17, 15) is 9.90 Å². The fourth-order valence-corrected chi connectivity index (χ4v) is 3.27. The molecule has 0 saturated heterocycles. The number of carbonyl (C=O) groups excluding carboxylic acids is 1. The van der Waals surface area contributed by atoms with Crippen LogP contribution in [0, 0.1) is 0 Å². The maximum atomic E-state index is 12.5. The van der Waals surface area contributed by atoms with E-state index >= 15 is 0 Å². The Balaban J connectivity index is 1.74. The first-order chi connectivity index (χ1) is 11.7. The number of aromatic nitrogens is 2. The second-order valence-corrected chi connectivity index (χ2v) is 6.17. The first-order valence-electron chi connectivity index (χ1n) is 7.81. The lowest BCUT2D eigenvalue weighted by atomic mass is 10.1. The summed E-state index contributed by atoms with van der Waals surface area (Å²) in [6.45, 7) is 2.17. The molecule has 5 nitrogen and oxygen atoms in total. The maximum absolute atomic E-state index is 12.5. The van der Waals surface area contributed by atoms with Gasteiger partial charge in [0.2, 0.25) is 0 Å². The molecular formula is C18H19N3O2S. The standard InChI is InChI=1S/C18H19N3O2S/c1-2-16-15(10-20-21(16)14-6-4-3-5-7-14)18(23)19-11-17(22)13-8-9-24-12-13/h3-10,12,17,22H,2,11H2,1H3,(H,19,23). The monoisotopic (exact) mass is 341 g/mol. The minimum atomic E-state index is -0.700. The first-order valence-corrected chi connectivity index (χ1v) is 8.75. The second-order valence-electron chi connectivity index (χ2n) is 5.39. The molecule has 1 atom stereocenters. The molecule has 0 radical (unpaired) electrons. The number of aliphatic hydroxyl groups excluding tert-OH is 1. The number of hydrogen-bond donors (Lipinski definition) is 2. The molecule has 2 N–H and O–H groups in total. The third-order valence-electron chi connectivity index (χ3n) is 3.83. The minimum absolute atomic E-state index is 0.176. The lowest BCUT2D eigenvalue weighted by molar-refractivity contribution is 0.0915. The highest BCUT2D eigenvalue weighted by atomic mass is 32.1. The maximum Gasteiger partial charge on any atom is 0.254 e. The molecule has 0 fully saturated rings. The van der Waals surface area contributed by atoms with E-state index in [0.717, 1.165) is 16.9 Å². The highest BCUT2D eigenvalue weighted by Gasteiger charge is 2.18. The van der Waals surface area contributed by atoms with Gasteiger partial charge in [-0.2, -0.15) is 16.4 Å². The zero-order chi connectivity index (χ0) is 16.9. The third-order valence-corrected chi connectivity index (χ3v) is 4.53. The van der Waals surface area contributed by atoms with Crippen molar-refractivity contribution in [3.8, 4) is 5.69 Å². The lowest BCUT2D eigenvalue weighted by Crippen LogP contribution is -2.28. The van der Waals surface area contributed by atoms with Gasteiger partial charge in [-0.1, -0.05) is 25.1 Å². The Morgan fingerprint density at radius 3 is 2.79 bits per heavy atom. The van der Waals surface area contributed by atoms with Gasteiger partial charge >= 0.3 is 0 Å². The summed E-state index contributed by atoms with van der Waals surface area (Å²) in [7, 11) is 0. The van der Waals surface area contributed by atoms with Crippen molar-refractivity contribution in [2.75, 3.05) is 6.54 Å². The van der Waals surface area contributed by atoms with Crippen LogP contribution in [0.1, 0.15) is 34.6 Å². The van der Waals surface area contributed by atoms with Crippen LogP contribution in [-0.2, 0) is 6.42 Å². The number of amides is 1. The normalized spacial score (nSPS) is 12.1. The Bertz CT molecular complexity index is 797. The van der Waals surface area contributed by atoms with Crippen molar-refractivity contribution in [2.24, 2.45) is 0 Å². The van der Waals surface area contributed by atoms with Crippen LogP contribution in [0.3, 0.4) is 0 Å². The Hall–Kier alpha value is -2.44. The van der Waals surface area contributed by atoms with E-state index in [4.69, 9.17) is 0 Å². The molecule has 3 rings (SSSR count). The van der Waals surface area contributed by atoms with Crippen LogP contribution in [0.15, 0.2) is 53.4 Å². The average molecular weight is 341 g/mol. The average Bonchev–Trinajstić information content (AvgIpc) is 3.29. The van der Waals surface area contributed by atoms with Crippen LogP contribution in [-0.4, -0.2) is 27.3 Å². The molecule has 6 heteroatoms. The third kappa shape index (κ3) is 3.39. The molecular weight excluding hydrogens is 322 g/mol. The summed E-state index contributed by atoms with van der Waals surface area (Å²) < 4.78 is 1.78. The number of hydrogen-bond acceptors (Lipinski definition) is 4. The Morgan fingerprint density at radius 2 is 2.12 bits per heavy atom. The van der Waals surface area contributed by atoms with Crippen molar-refractivity contribution < 1.29 is 9.90 Å². The number of nitrogens with one attached hydrogen (secondary N) is 1. The molecule has 1 unspecified atom stereocenters. The SMILES string of the molecule is CCc1c(C(=O)NCC(O)c2ccsc2)cnn1-c1ccccc1. The van der Waals surface area contributed by atoms with Crippen molar-refractivity contribution >= 4 is 17.2 Å². The van der Waals surface area contributed by atoms with Gasteiger partial charge in [-0.3, -0.25) is 4.79 Å². The highest BCUT2D eigenvalue weighted by Crippen LogP contribution is 2.17. The van der Waals surface area contributed by atoms with Gasteiger partial charge in [0.15, 0.2) is 0 Å². The summed E-state index contributed by atoms with van der Waals surface area (Å²) in [5, 5.41) is 21.0. The number of nitrogens with zero attached hydrogens (tertiary/aromatic N) is 2. The van der Waals surface area contributed by atoms with E-state index in [1.807, 2.05) is 54.1 Å². The van der Waals surface area contributed by atoms with Crippen molar-refractivity contribution in [3.05, 3.63) is 70.2 Å². The fourth-order valence-electron chi connectivity index (χ4n) is 2.56. The zero-order valence-electron chi connectivity index (χ0n) is 13.3. The molecule has 0 aliphatic heterocycles. The Kier molecular flexibility index (Phi) is 5.08. The summed E-state index contributed by atoms with van der Waals surface area (Å²) in [5.74, 6) is -0.219. The quantitative estimate of drug-likeness (QED) is 0.724. The zero-order valence-corrected chi connectivity index (χ0v) is 14.2. The lowest BCUT2D eigenvalue weighted by Gasteiger charge is -2.11. The minimum Gasteiger partial charge on any atom is -0.387 e. The van der Waals surface area contributed by atoms with Crippen molar-refractivity contribution in [1.82, 2.24) is 15.1 Å². The van der Waals surface area contributed by atoms with Gasteiger partial charge in [0.25, 0.3) is 5.91 Å². The number of carbonyl (C=O) groups is 1. The number of aliphatic hydroxyl groups is 1. The van der Waals surface area contributed by atoms with Gasteiger partial charge in [-0.05, 0) is 40.9 Å². The molecule has 3 aromatic rings. The molecule has 24 heavy (non-hydrogen) atoms. The topological polar surface area (TPSA) is 67.2 Å². The predicted molar refractivity (Wildman–Crippen MR) is 94.6 cm³/mol. The molecule has 0 saturated carbocycles. The predicted octanol–water partition coefficient (Wildman–Crippen LogP) is 2.96. The largest absolute Gasteiger partial charge is 0.387 e. The van der Waals surface area contributed by atoms with Crippen LogP contribution < -0.4 is 5.32 Å². The van der Waals surface area contributed by atoms with Gasteiger partial charge < -0.3 is 10.4 Å². The van der Waals surface area contributed by atoms with E-state index in [-0.39, 0.29) is 12.5 Å². The molecule has 0 spiro atoms. The van der Waals surface area contributed by atoms with Gasteiger partial charge in [-0.15, -0.1) is 0 Å². The Morgan fingerprint density at radius 1 is 1.33 bits per heavy atom. The second kappa shape index (κ2) is 7.42. The van der Waals surface area contributed by atoms with Crippen LogP contribution in [0.2, 0.25) is 0 Å². The van der Waals surface area contributed by atoms with Crippen molar-refractivity contribution in [1.29, 1.82) is 0 Å². The molecule has 0 bridgehead atoms. The van der Waals surface area contributed by atoms with E-state index in [1.54, 1.807) is 10.9 Å². The van der Waals surface area contributed by atoms with Crippen LogP contribution in [0.4, 0.5) is 0 Å². The first kappa shape index (κ1) is 16.4. The molecule has 2 heterocycles. The van der Waals surface area contributed by atoms with Crippen LogP contribution in [0.25, 0.3) is 5.69 Å². The summed E-state index contributed by atoms with van der Waals surface area (Å²) in [6.07, 6.45) is 1.57. The molecule has 1 amide bonds. The van der Waals surface area contributed by atoms with Crippen molar-refractivity contribution in [2.45, 2.75) is 19.4 Å². The van der Waals surface area contributed by atoms with Gasteiger partial charge in [0.05, 0.1) is 29.2 Å². The number of thiophene rings is 1. The van der Waals surface area contributed by atoms with E-state index in [2.05, 4.69) is 10.4 Å². The number of rotatable bonds is 6. The summed E-state index contributed by atoms with van der Waals surface area (Å²) in [4.78, 5) is 12.5. The van der Waals surface area contributed by atoms with Crippen molar-refractivity contribution in [3.63, 3.8) is 0 Å². The summed E-state index contributed by atoms with van der Waals surface area (Å²) in [5.41, 5.74) is 3.13. The van der Waals surface area contributed by atoms with E-state index in [0.29, 0.717) is 12.0 Å². The fraction of sp³-hybridized carbons (Fsp3) is 0.222. The molecule has 0 aliphatic carbocycles. The van der Waals surface area contributed by atoms with Crippen LogP contribution in [0.5, 0.6) is 0 Å². The Labute approximate surface area is 144 Å². The van der Waals surface area contributed by atoms with Gasteiger partial charge in [-0.25, -0.2) is 4.68 Å². The van der Waals surface area contributed by atoms with Gasteiger partial charge in [0, 0.05) is 6.54 Å². The van der Waals surface area contributed by atoms with E-state index < -0.39 is 6.10 Å². The molecule has 2 aromatic heterocycles. The molecule has 0 aliphatic rings. The highest BCUT2D eigenvalue weighted by molar-refractivity contribution is 7.07. The summed E-state index contributed by atoms with van der Waals surface area (Å²) >= 11 is 1.52. The molecule has 124 valence electrons. The smallest absolute Gasteiger partial charge is 0.254 e. The van der Waals surface area contributed by atoms with E-state index in [1.165, 1.54) is 11.3 Å². The summed E-state index contributed by atoms with van der Waals surface area (Å²) in [6, 6.07) is 11.6.